The van der Waals surface area contributed by atoms with Crippen LogP contribution in [0.3, 0.4) is 0 Å². The molecule has 0 aliphatic heterocycles. The third kappa shape index (κ3) is 2.06. The van der Waals surface area contributed by atoms with E-state index in [0.717, 1.165) is 16.7 Å². The Hall–Kier alpha value is -2.06. The Morgan fingerprint density at radius 3 is 1.80 bits per heavy atom. The number of rotatable bonds is 1. The molecule has 2 heteroatoms. The highest BCUT2D eigenvalue weighted by atomic mass is 14.3. The maximum atomic E-state index is 8.99. The summed E-state index contributed by atoms with van der Waals surface area (Å²) in [7, 11) is 0. The molecular weight excluding hydrogens is 184 g/mol. The normalized spacial score (nSPS) is 8.87. The van der Waals surface area contributed by atoms with Crippen LogP contribution in [0.2, 0.25) is 0 Å². The lowest BCUT2D eigenvalue weighted by molar-refractivity contribution is 1.34. The second-order valence-electron chi connectivity index (χ2n) is 3.58. The van der Waals surface area contributed by atoms with E-state index in [-0.39, 0.29) is 0 Å². The zero-order valence-corrected chi connectivity index (χ0v) is 9.13. The van der Waals surface area contributed by atoms with Crippen LogP contribution in [0.15, 0.2) is 23.8 Å². The van der Waals surface area contributed by atoms with Crippen LogP contribution in [-0.4, -0.2) is 0 Å². The zero-order chi connectivity index (χ0) is 11.4. The van der Waals surface area contributed by atoms with Crippen molar-refractivity contribution in [1.29, 1.82) is 10.5 Å². The lowest BCUT2D eigenvalue weighted by Gasteiger charge is -2.08. The van der Waals surface area contributed by atoms with E-state index in [2.05, 4.69) is 12.1 Å². The Morgan fingerprint density at radius 1 is 1.00 bits per heavy atom. The molecular formula is C13H12N2. The minimum atomic E-state index is 0.563. The predicted molar refractivity (Wildman–Crippen MR) is 59.8 cm³/mol. The molecule has 0 N–H and O–H groups in total. The van der Waals surface area contributed by atoms with Crippen LogP contribution in [0.4, 0.5) is 0 Å². The summed E-state index contributed by atoms with van der Waals surface area (Å²) in [5, 5.41) is 18.0. The Kier molecular flexibility index (Phi) is 3.26. The first kappa shape index (κ1) is 11.0. The fourth-order valence-corrected chi connectivity index (χ4v) is 1.39. The summed E-state index contributed by atoms with van der Waals surface area (Å²) in [5.74, 6) is 0. The smallest absolute Gasteiger partial charge is 0.0998 e. The summed E-state index contributed by atoms with van der Waals surface area (Å²) in [5.41, 5.74) is 4.01. The molecule has 0 atom stereocenters. The quantitative estimate of drug-likeness (QED) is 0.692. The van der Waals surface area contributed by atoms with Gasteiger partial charge >= 0.3 is 0 Å². The van der Waals surface area contributed by atoms with Gasteiger partial charge in [-0.15, -0.1) is 0 Å². The summed E-state index contributed by atoms with van der Waals surface area (Å²) in [4.78, 5) is 0. The van der Waals surface area contributed by atoms with Crippen molar-refractivity contribution in [3.63, 3.8) is 0 Å². The molecule has 15 heavy (non-hydrogen) atoms. The fraction of sp³-hybridized carbons (Fsp3) is 0.231. The van der Waals surface area contributed by atoms with E-state index in [4.69, 9.17) is 10.5 Å². The molecule has 0 aliphatic carbocycles. The number of hydrogen-bond acceptors (Lipinski definition) is 2. The van der Waals surface area contributed by atoms with Gasteiger partial charge < -0.3 is 0 Å². The maximum absolute atomic E-state index is 8.99. The average molecular weight is 196 g/mol. The van der Waals surface area contributed by atoms with Crippen molar-refractivity contribution < 1.29 is 0 Å². The molecule has 2 nitrogen and oxygen atoms in total. The Balaban J connectivity index is 3.60. The molecule has 0 spiro atoms. The van der Waals surface area contributed by atoms with E-state index in [1.807, 2.05) is 20.8 Å². The van der Waals surface area contributed by atoms with Crippen molar-refractivity contribution in [2.45, 2.75) is 20.8 Å². The molecule has 1 aromatic rings. The number of nitrogens with zero attached hydrogens (tertiary/aromatic N) is 2. The minimum Gasteiger partial charge on any atom is -0.192 e. The van der Waals surface area contributed by atoms with E-state index >= 15 is 0 Å². The number of benzene rings is 1. The molecule has 0 saturated carbocycles. The SMILES string of the molecule is CC(C)=C(C)c1c(C#N)cccc1C#N. The van der Waals surface area contributed by atoms with Gasteiger partial charge in [0, 0.05) is 5.56 Å². The van der Waals surface area contributed by atoms with Crippen molar-refractivity contribution in [3.8, 4) is 12.1 Å². The van der Waals surface area contributed by atoms with Gasteiger partial charge in [0.15, 0.2) is 0 Å². The third-order valence-electron chi connectivity index (χ3n) is 2.43. The molecule has 0 aliphatic rings. The van der Waals surface area contributed by atoms with Gasteiger partial charge in [0.1, 0.15) is 0 Å². The largest absolute Gasteiger partial charge is 0.192 e. The van der Waals surface area contributed by atoms with E-state index in [1.54, 1.807) is 18.2 Å². The molecule has 0 bridgehead atoms. The van der Waals surface area contributed by atoms with Crippen molar-refractivity contribution in [2.75, 3.05) is 0 Å². The first-order valence-corrected chi connectivity index (χ1v) is 4.69. The highest BCUT2D eigenvalue weighted by Gasteiger charge is 2.10. The number of hydrogen-bond donors (Lipinski definition) is 0. The molecule has 1 aromatic carbocycles. The first-order valence-electron chi connectivity index (χ1n) is 4.69. The Labute approximate surface area is 90.1 Å². The molecule has 0 fully saturated rings. The molecule has 0 saturated heterocycles. The molecule has 0 amide bonds. The van der Waals surface area contributed by atoms with Crippen LogP contribution >= 0.6 is 0 Å². The topological polar surface area (TPSA) is 47.6 Å². The number of allylic oxidation sites excluding steroid dienone is 2. The highest BCUT2D eigenvalue weighted by molar-refractivity contribution is 5.75. The monoisotopic (exact) mass is 196 g/mol. The van der Waals surface area contributed by atoms with Crippen LogP contribution in [0.5, 0.6) is 0 Å². The van der Waals surface area contributed by atoms with Gasteiger partial charge in [-0.2, -0.15) is 10.5 Å². The third-order valence-corrected chi connectivity index (χ3v) is 2.43. The van der Waals surface area contributed by atoms with Crippen LogP contribution in [0, 0.1) is 22.7 Å². The van der Waals surface area contributed by atoms with Crippen molar-refractivity contribution in [2.24, 2.45) is 0 Å². The molecule has 0 unspecified atom stereocenters. The Bertz CT molecular complexity index is 460. The van der Waals surface area contributed by atoms with E-state index < -0.39 is 0 Å². The summed E-state index contributed by atoms with van der Waals surface area (Å²) >= 11 is 0. The molecule has 1 rings (SSSR count). The van der Waals surface area contributed by atoms with E-state index in [9.17, 15) is 0 Å². The van der Waals surface area contributed by atoms with Crippen LogP contribution in [-0.2, 0) is 0 Å². The van der Waals surface area contributed by atoms with Gasteiger partial charge in [0.05, 0.1) is 23.3 Å². The van der Waals surface area contributed by atoms with Crippen LogP contribution in [0.1, 0.15) is 37.5 Å². The fourth-order valence-electron chi connectivity index (χ4n) is 1.39. The highest BCUT2D eigenvalue weighted by Crippen LogP contribution is 2.25. The van der Waals surface area contributed by atoms with Crippen LogP contribution < -0.4 is 0 Å². The van der Waals surface area contributed by atoms with Crippen molar-refractivity contribution in [1.82, 2.24) is 0 Å². The summed E-state index contributed by atoms with van der Waals surface area (Å²) < 4.78 is 0. The van der Waals surface area contributed by atoms with E-state index in [1.165, 1.54) is 0 Å². The molecule has 0 aromatic heterocycles. The minimum absolute atomic E-state index is 0.563. The average Bonchev–Trinajstić information content (AvgIpc) is 2.26. The zero-order valence-electron chi connectivity index (χ0n) is 9.13. The lowest BCUT2D eigenvalue weighted by Crippen LogP contribution is -1.93. The summed E-state index contributed by atoms with van der Waals surface area (Å²) in [6.07, 6.45) is 0. The second kappa shape index (κ2) is 4.44. The standard InChI is InChI=1S/C13H12N2/c1-9(2)10(3)13-11(7-14)5-4-6-12(13)8-15/h4-6H,1-3H3. The first-order chi connectivity index (χ1) is 7.11. The van der Waals surface area contributed by atoms with Gasteiger partial charge in [0.25, 0.3) is 0 Å². The van der Waals surface area contributed by atoms with Crippen molar-refractivity contribution >= 4 is 5.57 Å². The van der Waals surface area contributed by atoms with Crippen molar-refractivity contribution in [3.05, 3.63) is 40.5 Å². The molecule has 0 heterocycles. The lowest BCUT2D eigenvalue weighted by atomic mass is 9.94. The number of nitriles is 2. The maximum Gasteiger partial charge on any atom is 0.0998 e. The summed E-state index contributed by atoms with van der Waals surface area (Å²) in [6, 6.07) is 9.45. The van der Waals surface area contributed by atoms with Crippen LogP contribution in [0.25, 0.3) is 5.57 Å². The molecule has 0 radical (unpaired) electrons. The molecule has 74 valence electrons. The van der Waals surface area contributed by atoms with Gasteiger partial charge in [0.2, 0.25) is 0 Å². The van der Waals surface area contributed by atoms with Gasteiger partial charge in [-0.05, 0) is 38.5 Å². The Morgan fingerprint density at radius 2 is 1.47 bits per heavy atom. The predicted octanol–water partition coefficient (Wildman–Crippen LogP) is 3.24. The van der Waals surface area contributed by atoms with Gasteiger partial charge in [-0.1, -0.05) is 11.6 Å². The van der Waals surface area contributed by atoms with Gasteiger partial charge in [-0.25, -0.2) is 0 Å². The van der Waals surface area contributed by atoms with E-state index in [0.29, 0.717) is 11.1 Å². The van der Waals surface area contributed by atoms with Gasteiger partial charge in [-0.3, -0.25) is 0 Å². The second-order valence-corrected chi connectivity index (χ2v) is 3.58. The summed E-state index contributed by atoms with van der Waals surface area (Å²) in [6.45, 7) is 5.89.